The van der Waals surface area contributed by atoms with Gasteiger partial charge in [0, 0.05) is 5.56 Å². The third-order valence-corrected chi connectivity index (χ3v) is 2.87. The van der Waals surface area contributed by atoms with E-state index in [-0.39, 0.29) is 12.4 Å². The summed E-state index contributed by atoms with van der Waals surface area (Å²) < 4.78 is 38.7. The molecule has 1 unspecified atom stereocenters. The molecule has 1 aromatic carbocycles. The van der Waals surface area contributed by atoms with Crippen molar-refractivity contribution in [1.82, 2.24) is 20.2 Å². The quantitative estimate of drug-likeness (QED) is 0.935. The van der Waals surface area contributed by atoms with Crippen molar-refractivity contribution in [2.45, 2.75) is 19.6 Å². The summed E-state index contributed by atoms with van der Waals surface area (Å²) in [5, 5.41) is 19.7. The second-order valence-electron chi connectivity index (χ2n) is 4.50. The van der Waals surface area contributed by atoms with E-state index < -0.39 is 23.6 Å². The molecule has 0 saturated carbocycles. The zero-order valence-corrected chi connectivity index (χ0v) is 10.9. The number of aromatic nitrogens is 4. The third-order valence-electron chi connectivity index (χ3n) is 2.87. The standard InChI is InChI=1S/C12H11F3N4O2/c1-7(11(20)21)6-19-10(16-17-18-19)8-2-4-9(5-3-8)12(13,14)15/h2-5,7H,6H2,1H3,(H,20,21). The van der Waals surface area contributed by atoms with Gasteiger partial charge >= 0.3 is 12.1 Å². The van der Waals surface area contributed by atoms with Crippen LogP contribution in [0.4, 0.5) is 13.2 Å². The second-order valence-corrected chi connectivity index (χ2v) is 4.50. The average molecular weight is 300 g/mol. The van der Waals surface area contributed by atoms with Crippen LogP contribution in [0.5, 0.6) is 0 Å². The molecule has 2 aromatic rings. The van der Waals surface area contributed by atoms with Gasteiger partial charge < -0.3 is 5.11 Å². The lowest BCUT2D eigenvalue weighted by atomic mass is 10.1. The number of hydrogen-bond acceptors (Lipinski definition) is 4. The number of carbonyl (C=O) groups is 1. The minimum atomic E-state index is -4.41. The molecule has 1 N–H and O–H groups in total. The Morgan fingerprint density at radius 3 is 2.48 bits per heavy atom. The normalized spacial score (nSPS) is 13.1. The van der Waals surface area contributed by atoms with Crippen molar-refractivity contribution in [3.63, 3.8) is 0 Å². The SMILES string of the molecule is CC(Cn1nnnc1-c1ccc(C(F)(F)F)cc1)C(=O)O. The van der Waals surface area contributed by atoms with Gasteiger partial charge in [-0.2, -0.15) is 13.2 Å². The number of rotatable bonds is 4. The van der Waals surface area contributed by atoms with Crippen LogP contribution in [0.2, 0.25) is 0 Å². The van der Waals surface area contributed by atoms with E-state index in [1.165, 1.54) is 23.7 Å². The van der Waals surface area contributed by atoms with E-state index in [9.17, 15) is 18.0 Å². The van der Waals surface area contributed by atoms with E-state index in [0.717, 1.165) is 12.1 Å². The number of benzene rings is 1. The molecule has 112 valence electrons. The Morgan fingerprint density at radius 1 is 1.33 bits per heavy atom. The first-order valence-electron chi connectivity index (χ1n) is 5.95. The Hall–Kier alpha value is -2.45. The molecule has 9 heteroatoms. The molecule has 0 aliphatic heterocycles. The molecule has 1 aromatic heterocycles. The van der Waals surface area contributed by atoms with Crippen LogP contribution < -0.4 is 0 Å². The summed E-state index contributed by atoms with van der Waals surface area (Å²) in [4.78, 5) is 10.8. The van der Waals surface area contributed by atoms with Gasteiger partial charge in [0.1, 0.15) is 0 Å². The molecule has 0 spiro atoms. The first-order chi connectivity index (χ1) is 9.79. The van der Waals surface area contributed by atoms with Gasteiger partial charge in [-0.25, -0.2) is 4.68 Å². The van der Waals surface area contributed by atoms with Crippen molar-refractivity contribution in [1.29, 1.82) is 0 Å². The highest BCUT2D eigenvalue weighted by atomic mass is 19.4. The molecular formula is C12H11F3N4O2. The Morgan fingerprint density at radius 2 is 1.95 bits per heavy atom. The van der Waals surface area contributed by atoms with E-state index >= 15 is 0 Å². The smallest absolute Gasteiger partial charge is 0.416 e. The van der Waals surface area contributed by atoms with Crippen LogP contribution in [-0.4, -0.2) is 31.3 Å². The van der Waals surface area contributed by atoms with Gasteiger partial charge in [-0.3, -0.25) is 4.79 Å². The summed E-state index contributed by atoms with van der Waals surface area (Å²) >= 11 is 0. The second kappa shape index (κ2) is 5.51. The number of nitrogens with zero attached hydrogens (tertiary/aromatic N) is 4. The molecule has 21 heavy (non-hydrogen) atoms. The molecule has 0 fully saturated rings. The maximum Gasteiger partial charge on any atom is 0.416 e. The predicted octanol–water partition coefficient (Wildman–Crippen LogP) is 2.08. The molecule has 0 bridgehead atoms. The van der Waals surface area contributed by atoms with Gasteiger partial charge in [-0.15, -0.1) is 5.10 Å². The van der Waals surface area contributed by atoms with Crippen molar-refractivity contribution in [3.05, 3.63) is 29.8 Å². The number of carboxylic acid groups (broad SMARTS) is 1. The van der Waals surface area contributed by atoms with Crippen LogP contribution in [-0.2, 0) is 17.5 Å². The van der Waals surface area contributed by atoms with Crippen LogP contribution in [0.25, 0.3) is 11.4 Å². The van der Waals surface area contributed by atoms with Crippen molar-refractivity contribution >= 4 is 5.97 Å². The van der Waals surface area contributed by atoms with Crippen LogP contribution in [0.3, 0.4) is 0 Å². The third kappa shape index (κ3) is 3.36. The summed E-state index contributed by atoms with van der Waals surface area (Å²) in [5.74, 6) is -1.51. The average Bonchev–Trinajstić information content (AvgIpc) is 2.86. The predicted molar refractivity (Wildman–Crippen MR) is 65.1 cm³/mol. The summed E-state index contributed by atoms with van der Waals surface area (Å²) in [6, 6.07) is 4.34. The highest BCUT2D eigenvalue weighted by Gasteiger charge is 2.30. The molecule has 0 aliphatic rings. The van der Waals surface area contributed by atoms with Crippen molar-refractivity contribution < 1.29 is 23.1 Å². The fourth-order valence-electron chi connectivity index (χ4n) is 1.68. The monoisotopic (exact) mass is 300 g/mol. The van der Waals surface area contributed by atoms with E-state index in [2.05, 4.69) is 15.5 Å². The van der Waals surface area contributed by atoms with Crippen LogP contribution in [0.1, 0.15) is 12.5 Å². The van der Waals surface area contributed by atoms with E-state index in [1.54, 1.807) is 0 Å². The summed E-state index contributed by atoms with van der Waals surface area (Å²) in [6.45, 7) is 1.51. The maximum atomic E-state index is 12.5. The number of tetrazole rings is 1. The van der Waals surface area contributed by atoms with Gasteiger partial charge in [-0.1, -0.05) is 19.1 Å². The molecular weight excluding hydrogens is 289 g/mol. The lowest BCUT2D eigenvalue weighted by molar-refractivity contribution is -0.141. The molecule has 0 aliphatic carbocycles. The summed E-state index contributed by atoms with van der Waals surface area (Å²) in [5.41, 5.74) is -0.394. The van der Waals surface area contributed by atoms with E-state index in [1.807, 2.05) is 0 Å². The fourth-order valence-corrected chi connectivity index (χ4v) is 1.68. The topological polar surface area (TPSA) is 80.9 Å². The van der Waals surface area contributed by atoms with Crippen LogP contribution >= 0.6 is 0 Å². The van der Waals surface area contributed by atoms with Crippen molar-refractivity contribution in [3.8, 4) is 11.4 Å². The molecule has 2 rings (SSSR count). The molecule has 1 atom stereocenters. The van der Waals surface area contributed by atoms with Crippen LogP contribution in [0.15, 0.2) is 24.3 Å². The van der Waals surface area contributed by atoms with Crippen molar-refractivity contribution in [2.24, 2.45) is 5.92 Å². The largest absolute Gasteiger partial charge is 0.481 e. The lowest BCUT2D eigenvalue weighted by Crippen LogP contribution is -2.18. The maximum absolute atomic E-state index is 12.5. The Bertz CT molecular complexity index is 637. The molecule has 6 nitrogen and oxygen atoms in total. The fraction of sp³-hybridized carbons (Fsp3) is 0.333. The minimum Gasteiger partial charge on any atom is -0.481 e. The first kappa shape index (κ1) is 14.9. The summed E-state index contributed by atoms with van der Waals surface area (Å²) in [6.07, 6.45) is -4.41. The first-order valence-corrected chi connectivity index (χ1v) is 5.95. The van der Waals surface area contributed by atoms with Gasteiger partial charge in [0.15, 0.2) is 5.82 Å². The number of hydrogen-bond donors (Lipinski definition) is 1. The van der Waals surface area contributed by atoms with Gasteiger partial charge in [0.05, 0.1) is 18.0 Å². The zero-order chi connectivity index (χ0) is 15.6. The Balaban J connectivity index is 2.27. The number of aliphatic carboxylic acids is 1. The molecule has 0 amide bonds. The van der Waals surface area contributed by atoms with Gasteiger partial charge in [0.2, 0.25) is 0 Å². The molecule has 1 heterocycles. The molecule has 0 radical (unpaired) electrons. The van der Waals surface area contributed by atoms with Crippen molar-refractivity contribution in [2.75, 3.05) is 0 Å². The lowest BCUT2D eigenvalue weighted by Gasteiger charge is -2.09. The highest BCUT2D eigenvalue weighted by molar-refractivity contribution is 5.69. The van der Waals surface area contributed by atoms with Gasteiger partial charge in [0.25, 0.3) is 0 Å². The minimum absolute atomic E-state index is 0.0265. The summed E-state index contributed by atoms with van der Waals surface area (Å²) in [7, 11) is 0. The van der Waals surface area contributed by atoms with E-state index in [4.69, 9.17) is 5.11 Å². The Labute approximate surface area is 117 Å². The highest BCUT2D eigenvalue weighted by Crippen LogP contribution is 2.30. The molecule has 0 saturated heterocycles. The number of halogens is 3. The van der Waals surface area contributed by atoms with Crippen LogP contribution in [0, 0.1) is 5.92 Å². The zero-order valence-electron chi connectivity index (χ0n) is 10.9. The van der Waals surface area contributed by atoms with Gasteiger partial charge in [-0.05, 0) is 22.6 Å². The Kier molecular flexibility index (Phi) is 3.92. The number of alkyl halides is 3. The van der Waals surface area contributed by atoms with E-state index in [0.29, 0.717) is 5.56 Å². The number of carboxylic acids is 1.